The normalized spacial score (nSPS) is 12.9. The van der Waals surface area contributed by atoms with Crippen LogP contribution in [0.4, 0.5) is 0 Å². The fraction of sp³-hybridized carbons (Fsp3) is 0.846. The van der Waals surface area contributed by atoms with Crippen LogP contribution in [0, 0.1) is 0 Å². The second-order valence-corrected chi connectivity index (χ2v) is 4.35. The van der Waals surface area contributed by atoms with Crippen molar-refractivity contribution in [3.8, 4) is 0 Å². The van der Waals surface area contributed by atoms with Crippen LogP contribution in [0.25, 0.3) is 0 Å². The van der Waals surface area contributed by atoms with Gasteiger partial charge in [0.1, 0.15) is 5.82 Å². The topological polar surface area (TPSA) is 42.7 Å². The molecule has 0 fully saturated rings. The van der Waals surface area contributed by atoms with Gasteiger partial charge in [-0.15, -0.1) is 0 Å². The first-order chi connectivity index (χ1) is 8.26. The summed E-state index contributed by atoms with van der Waals surface area (Å²) >= 11 is 0. The van der Waals surface area contributed by atoms with Crippen molar-refractivity contribution in [1.29, 1.82) is 0 Å². The minimum Gasteiger partial charge on any atom is -0.315 e. The first-order valence-corrected chi connectivity index (χ1v) is 6.91. The largest absolute Gasteiger partial charge is 0.315 e. The molecule has 0 radical (unpaired) electrons. The number of hydrogen-bond donors (Lipinski definition) is 1. The molecule has 4 nitrogen and oxygen atoms in total. The highest BCUT2D eigenvalue weighted by molar-refractivity contribution is 4.95. The van der Waals surface area contributed by atoms with Crippen LogP contribution >= 0.6 is 0 Å². The lowest BCUT2D eigenvalue weighted by molar-refractivity contribution is 0.386. The van der Waals surface area contributed by atoms with Gasteiger partial charge >= 0.3 is 0 Å². The molecule has 1 N–H and O–H groups in total. The average molecular weight is 238 g/mol. The van der Waals surface area contributed by atoms with E-state index in [1.807, 2.05) is 0 Å². The lowest BCUT2D eigenvalue weighted by atomic mass is 10.1. The van der Waals surface area contributed by atoms with Crippen molar-refractivity contribution < 1.29 is 0 Å². The molecule has 1 rings (SSSR count). The van der Waals surface area contributed by atoms with E-state index >= 15 is 0 Å². The Bertz CT molecular complexity index is 319. The fourth-order valence-corrected chi connectivity index (χ4v) is 2.04. The van der Waals surface area contributed by atoms with Crippen molar-refractivity contribution in [3.63, 3.8) is 0 Å². The Labute approximate surface area is 105 Å². The summed E-state index contributed by atoms with van der Waals surface area (Å²) < 4.78 is 2.14. The third-order valence-corrected chi connectivity index (χ3v) is 2.98. The quantitative estimate of drug-likeness (QED) is 0.756. The van der Waals surface area contributed by atoms with Gasteiger partial charge in [0.15, 0.2) is 5.82 Å². The van der Waals surface area contributed by atoms with E-state index in [2.05, 4.69) is 47.8 Å². The van der Waals surface area contributed by atoms with Crippen molar-refractivity contribution in [2.24, 2.45) is 0 Å². The zero-order valence-electron chi connectivity index (χ0n) is 11.7. The second kappa shape index (κ2) is 7.43. The second-order valence-electron chi connectivity index (χ2n) is 4.35. The van der Waals surface area contributed by atoms with Gasteiger partial charge in [-0.25, -0.2) is 9.67 Å². The molecule has 0 bridgehead atoms. The van der Waals surface area contributed by atoms with Crippen LogP contribution in [0.2, 0.25) is 0 Å². The van der Waals surface area contributed by atoms with Gasteiger partial charge in [0, 0.05) is 19.4 Å². The highest BCUT2D eigenvalue weighted by atomic mass is 15.4. The van der Waals surface area contributed by atoms with Crippen LogP contribution in [0.3, 0.4) is 0 Å². The van der Waals surface area contributed by atoms with Gasteiger partial charge in [-0.2, -0.15) is 5.10 Å². The van der Waals surface area contributed by atoms with E-state index in [-0.39, 0.29) is 0 Å². The number of nitrogens with one attached hydrogen (secondary N) is 1. The first kappa shape index (κ1) is 14.2. The van der Waals surface area contributed by atoms with Crippen molar-refractivity contribution in [2.75, 3.05) is 13.1 Å². The molecular formula is C13H26N4. The van der Waals surface area contributed by atoms with Crippen molar-refractivity contribution in [1.82, 2.24) is 20.1 Å². The van der Waals surface area contributed by atoms with Crippen molar-refractivity contribution in [2.45, 2.75) is 59.4 Å². The number of aromatic nitrogens is 3. The van der Waals surface area contributed by atoms with E-state index in [0.717, 1.165) is 44.0 Å². The maximum absolute atomic E-state index is 4.64. The SMILES string of the molecule is CCCC(CNCC)n1nc(CC)nc1CC. The highest BCUT2D eigenvalue weighted by Gasteiger charge is 2.16. The molecule has 0 amide bonds. The molecule has 0 saturated heterocycles. The van der Waals surface area contributed by atoms with Gasteiger partial charge in [0.25, 0.3) is 0 Å². The summed E-state index contributed by atoms with van der Waals surface area (Å²) in [5.41, 5.74) is 0. The third-order valence-electron chi connectivity index (χ3n) is 2.98. The Balaban J connectivity index is 2.86. The molecule has 0 aliphatic heterocycles. The summed E-state index contributed by atoms with van der Waals surface area (Å²) in [6.07, 6.45) is 4.21. The zero-order chi connectivity index (χ0) is 12.7. The zero-order valence-corrected chi connectivity index (χ0v) is 11.7. The third kappa shape index (κ3) is 3.80. The molecule has 1 atom stereocenters. The monoisotopic (exact) mass is 238 g/mol. The molecule has 0 spiro atoms. The van der Waals surface area contributed by atoms with E-state index in [0.29, 0.717) is 6.04 Å². The van der Waals surface area contributed by atoms with E-state index in [1.165, 1.54) is 6.42 Å². The number of rotatable bonds is 8. The number of hydrogen-bond acceptors (Lipinski definition) is 3. The van der Waals surface area contributed by atoms with Crippen LogP contribution in [-0.2, 0) is 12.8 Å². The molecule has 1 aromatic heterocycles. The lowest BCUT2D eigenvalue weighted by Crippen LogP contribution is -2.27. The standard InChI is InChI=1S/C13H26N4/c1-5-9-11(10-14-8-4)17-13(7-3)15-12(6-2)16-17/h11,14H,5-10H2,1-4H3. The van der Waals surface area contributed by atoms with Crippen LogP contribution in [0.1, 0.15) is 58.2 Å². The molecular weight excluding hydrogens is 212 g/mol. The molecule has 0 aromatic carbocycles. The summed E-state index contributed by atoms with van der Waals surface area (Å²) in [4.78, 5) is 4.58. The minimum absolute atomic E-state index is 0.447. The number of likely N-dealkylation sites (N-methyl/N-ethyl adjacent to an activating group) is 1. The Morgan fingerprint density at radius 2 is 1.94 bits per heavy atom. The van der Waals surface area contributed by atoms with Crippen LogP contribution in [0.5, 0.6) is 0 Å². The Morgan fingerprint density at radius 3 is 2.47 bits per heavy atom. The van der Waals surface area contributed by atoms with Gasteiger partial charge in [-0.1, -0.05) is 34.1 Å². The smallest absolute Gasteiger partial charge is 0.150 e. The van der Waals surface area contributed by atoms with E-state index in [4.69, 9.17) is 0 Å². The highest BCUT2D eigenvalue weighted by Crippen LogP contribution is 2.15. The Hall–Kier alpha value is -0.900. The molecule has 4 heteroatoms. The minimum atomic E-state index is 0.447. The molecule has 0 saturated carbocycles. The molecule has 0 aliphatic carbocycles. The van der Waals surface area contributed by atoms with E-state index in [9.17, 15) is 0 Å². The molecule has 1 aromatic rings. The van der Waals surface area contributed by atoms with Gasteiger partial charge < -0.3 is 5.32 Å². The van der Waals surface area contributed by atoms with Gasteiger partial charge in [-0.3, -0.25) is 0 Å². The molecule has 1 heterocycles. The molecule has 1 unspecified atom stereocenters. The van der Waals surface area contributed by atoms with Gasteiger partial charge in [-0.05, 0) is 13.0 Å². The van der Waals surface area contributed by atoms with Crippen molar-refractivity contribution in [3.05, 3.63) is 11.6 Å². The van der Waals surface area contributed by atoms with Crippen LogP contribution < -0.4 is 5.32 Å². The van der Waals surface area contributed by atoms with E-state index < -0.39 is 0 Å². The lowest BCUT2D eigenvalue weighted by Gasteiger charge is -2.18. The summed E-state index contributed by atoms with van der Waals surface area (Å²) in [6.45, 7) is 10.6. The molecule has 17 heavy (non-hydrogen) atoms. The number of nitrogens with zero attached hydrogens (tertiary/aromatic N) is 3. The van der Waals surface area contributed by atoms with Gasteiger partial charge in [0.05, 0.1) is 6.04 Å². The summed E-state index contributed by atoms with van der Waals surface area (Å²) in [6, 6.07) is 0.447. The summed E-state index contributed by atoms with van der Waals surface area (Å²) in [7, 11) is 0. The Morgan fingerprint density at radius 1 is 1.18 bits per heavy atom. The van der Waals surface area contributed by atoms with Crippen LogP contribution in [-0.4, -0.2) is 27.9 Å². The average Bonchev–Trinajstić information content (AvgIpc) is 2.77. The molecule has 98 valence electrons. The van der Waals surface area contributed by atoms with Gasteiger partial charge in [0.2, 0.25) is 0 Å². The maximum atomic E-state index is 4.64. The molecule has 0 aliphatic rings. The summed E-state index contributed by atoms with van der Waals surface area (Å²) in [5, 5.41) is 8.06. The predicted molar refractivity (Wildman–Crippen MR) is 71.3 cm³/mol. The van der Waals surface area contributed by atoms with E-state index in [1.54, 1.807) is 0 Å². The summed E-state index contributed by atoms with van der Waals surface area (Å²) in [5.74, 6) is 2.10. The Kier molecular flexibility index (Phi) is 6.19. The van der Waals surface area contributed by atoms with Crippen molar-refractivity contribution >= 4 is 0 Å². The predicted octanol–water partition coefficient (Wildman–Crippen LogP) is 2.35. The number of aryl methyl sites for hydroxylation is 2. The first-order valence-electron chi connectivity index (χ1n) is 6.91. The fourth-order valence-electron chi connectivity index (χ4n) is 2.04. The van der Waals surface area contributed by atoms with Crippen LogP contribution in [0.15, 0.2) is 0 Å². The maximum Gasteiger partial charge on any atom is 0.150 e.